The maximum absolute atomic E-state index is 11.9. The lowest BCUT2D eigenvalue weighted by Gasteiger charge is -2.23. The number of furan rings is 1. The molecule has 2 unspecified atom stereocenters. The second-order valence-electron chi connectivity index (χ2n) is 6.20. The standard InChI is InChI=1S/C17H23NO2/c19-16(5-6-17-2-1-11-20-17)8-10-18-9-7-14-3-4-15(12-14)13-18/h1-2,5-6,11,14-15H,3-4,7-10,12-13H2/b6-5+. The first-order valence-corrected chi connectivity index (χ1v) is 7.76. The van der Waals surface area contributed by atoms with E-state index in [1.807, 2.05) is 12.1 Å². The summed E-state index contributed by atoms with van der Waals surface area (Å²) in [4.78, 5) is 14.4. The second-order valence-corrected chi connectivity index (χ2v) is 6.20. The average Bonchev–Trinajstić information content (AvgIpc) is 3.05. The van der Waals surface area contributed by atoms with Gasteiger partial charge in [0.1, 0.15) is 5.76 Å². The van der Waals surface area contributed by atoms with Gasteiger partial charge in [-0.1, -0.05) is 6.42 Å². The van der Waals surface area contributed by atoms with E-state index in [9.17, 15) is 4.79 Å². The highest BCUT2D eigenvalue weighted by atomic mass is 16.3. The first-order valence-electron chi connectivity index (χ1n) is 7.76. The minimum atomic E-state index is 0.191. The third-order valence-electron chi connectivity index (χ3n) is 4.67. The van der Waals surface area contributed by atoms with Crippen LogP contribution in [0.15, 0.2) is 28.9 Å². The van der Waals surface area contributed by atoms with Gasteiger partial charge in [-0.3, -0.25) is 4.79 Å². The van der Waals surface area contributed by atoms with Gasteiger partial charge in [-0.15, -0.1) is 0 Å². The van der Waals surface area contributed by atoms with E-state index in [1.165, 1.54) is 38.8 Å². The fourth-order valence-electron chi connectivity index (χ4n) is 3.54. The number of hydrogen-bond donors (Lipinski definition) is 0. The maximum Gasteiger partial charge on any atom is 0.157 e. The van der Waals surface area contributed by atoms with Crippen molar-refractivity contribution < 1.29 is 9.21 Å². The zero-order valence-corrected chi connectivity index (χ0v) is 12.0. The number of carbonyl (C=O) groups excluding carboxylic acids is 1. The van der Waals surface area contributed by atoms with Crippen LogP contribution in [-0.2, 0) is 4.79 Å². The van der Waals surface area contributed by atoms with Crippen LogP contribution in [0, 0.1) is 11.8 Å². The molecule has 1 saturated heterocycles. The Bertz CT molecular complexity index is 463. The van der Waals surface area contributed by atoms with Crippen molar-refractivity contribution in [1.82, 2.24) is 4.90 Å². The summed E-state index contributed by atoms with van der Waals surface area (Å²) in [5.41, 5.74) is 0. The normalized spacial score (nSPS) is 27.0. The van der Waals surface area contributed by atoms with Crippen LogP contribution in [-0.4, -0.2) is 30.3 Å². The van der Waals surface area contributed by atoms with E-state index in [-0.39, 0.29) is 5.78 Å². The van der Waals surface area contributed by atoms with Crippen LogP contribution in [0.4, 0.5) is 0 Å². The van der Waals surface area contributed by atoms with Gasteiger partial charge < -0.3 is 9.32 Å². The van der Waals surface area contributed by atoms with Gasteiger partial charge in [0, 0.05) is 19.5 Å². The van der Waals surface area contributed by atoms with Crippen LogP contribution >= 0.6 is 0 Å². The van der Waals surface area contributed by atoms with Crippen molar-refractivity contribution in [2.24, 2.45) is 11.8 Å². The Morgan fingerprint density at radius 1 is 1.35 bits per heavy atom. The summed E-state index contributed by atoms with van der Waals surface area (Å²) in [6, 6.07) is 3.69. The van der Waals surface area contributed by atoms with Crippen molar-refractivity contribution in [3.63, 3.8) is 0 Å². The predicted molar refractivity (Wildman–Crippen MR) is 79.3 cm³/mol. The zero-order valence-electron chi connectivity index (χ0n) is 12.0. The summed E-state index contributed by atoms with van der Waals surface area (Å²) < 4.78 is 5.18. The lowest BCUT2D eigenvalue weighted by Crippen LogP contribution is -2.31. The minimum absolute atomic E-state index is 0.191. The molecule has 0 aromatic carbocycles. The van der Waals surface area contributed by atoms with Crippen LogP contribution < -0.4 is 0 Å². The summed E-state index contributed by atoms with van der Waals surface area (Å²) >= 11 is 0. The number of rotatable bonds is 5. The molecule has 20 heavy (non-hydrogen) atoms. The van der Waals surface area contributed by atoms with Gasteiger partial charge in [0.25, 0.3) is 0 Å². The Balaban J connectivity index is 1.43. The van der Waals surface area contributed by atoms with Crippen LogP contribution in [0.25, 0.3) is 6.08 Å². The smallest absolute Gasteiger partial charge is 0.157 e. The molecule has 3 nitrogen and oxygen atoms in total. The summed E-state index contributed by atoms with van der Waals surface area (Å²) in [5.74, 6) is 2.78. The Labute approximate surface area is 120 Å². The fraction of sp³-hybridized carbons (Fsp3) is 0.588. The van der Waals surface area contributed by atoms with Gasteiger partial charge in [-0.2, -0.15) is 0 Å². The van der Waals surface area contributed by atoms with E-state index >= 15 is 0 Å². The Morgan fingerprint density at radius 2 is 2.25 bits per heavy atom. The molecule has 0 spiro atoms. The van der Waals surface area contributed by atoms with Crippen LogP contribution in [0.1, 0.15) is 37.9 Å². The lowest BCUT2D eigenvalue weighted by atomic mass is 10.0. The first kappa shape index (κ1) is 13.6. The van der Waals surface area contributed by atoms with E-state index in [0.29, 0.717) is 6.42 Å². The average molecular weight is 273 g/mol. The molecule has 1 aliphatic heterocycles. The number of carbonyl (C=O) groups is 1. The van der Waals surface area contributed by atoms with Crippen LogP contribution in [0.3, 0.4) is 0 Å². The molecule has 0 amide bonds. The molecule has 2 bridgehead atoms. The van der Waals surface area contributed by atoms with Gasteiger partial charge >= 0.3 is 0 Å². The fourth-order valence-corrected chi connectivity index (χ4v) is 3.54. The quantitative estimate of drug-likeness (QED) is 0.771. The van der Waals surface area contributed by atoms with E-state index < -0.39 is 0 Å². The zero-order chi connectivity index (χ0) is 13.8. The number of nitrogens with zero attached hydrogens (tertiary/aromatic N) is 1. The molecule has 0 radical (unpaired) electrons. The molecular formula is C17H23NO2. The summed E-state index contributed by atoms with van der Waals surface area (Å²) in [5, 5.41) is 0. The molecular weight excluding hydrogens is 250 g/mol. The Kier molecular flexibility index (Phi) is 4.36. The van der Waals surface area contributed by atoms with Gasteiger partial charge in [-0.05, 0) is 61.9 Å². The summed E-state index contributed by atoms with van der Waals surface area (Å²) in [6.07, 6.45) is 11.2. The molecule has 3 heteroatoms. The van der Waals surface area contributed by atoms with E-state index in [0.717, 1.165) is 24.1 Å². The molecule has 1 aliphatic carbocycles. The topological polar surface area (TPSA) is 33.5 Å². The van der Waals surface area contributed by atoms with Crippen molar-refractivity contribution in [3.8, 4) is 0 Å². The highest BCUT2D eigenvalue weighted by molar-refractivity contribution is 5.93. The SMILES string of the molecule is O=C(/C=C/c1ccco1)CCN1CCC2CCC(C2)C1. The highest BCUT2D eigenvalue weighted by Gasteiger charge is 2.29. The molecule has 2 fully saturated rings. The largest absolute Gasteiger partial charge is 0.465 e. The molecule has 3 rings (SSSR count). The van der Waals surface area contributed by atoms with Crippen molar-refractivity contribution in [2.45, 2.75) is 32.1 Å². The number of likely N-dealkylation sites (tertiary alicyclic amines) is 1. The monoisotopic (exact) mass is 273 g/mol. The molecule has 2 atom stereocenters. The third-order valence-corrected chi connectivity index (χ3v) is 4.67. The Morgan fingerprint density at radius 3 is 3.10 bits per heavy atom. The number of allylic oxidation sites excluding steroid dienone is 1. The Hall–Kier alpha value is -1.35. The maximum atomic E-state index is 11.9. The van der Waals surface area contributed by atoms with Crippen LogP contribution in [0.5, 0.6) is 0 Å². The van der Waals surface area contributed by atoms with Crippen molar-refractivity contribution in [3.05, 3.63) is 30.2 Å². The molecule has 2 aliphatic rings. The van der Waals surface area contributed by atoms with Gasteiger partial charge in [0.15, 0.2) is 5.78 Å². The van der Waals surface area contributed by atoms with Gasteiger partial charge in [-0.25, -0.2) is 0 Å². The lowest BCUT2D eigenvalue weighted by molar-refractivity contribution is -0.114. The van der Waals surface area contributed by atoms with Crippen LogP contribution in [0.2, 0.25) is 0 Å². The number of fused-ring (bicyclic) bond motifs is 2. The van der Waals surface area contributed by atoms with Gasteiger partial charge in [0.05, 0.1) is 6.26 Å². The third kappa shape index (κ3) is 3.60. The summed E-state index contributed by atoms with van der Waals surface area (Å²) in [6.45, 7) is 3.28. The number of hydrogen-bond acceptors (Lipinski definition) is 3. The van der Waals surface area contributed by atoms with E-state index in [2.05, 4.69) is 4.90 Å². The molecule has 0 N–H and O–H groups in total. The molecule has 2 heterocycles. The first-order chi connectivity index (χ1) is 9.79. The molecule has 1 aromatic rings. The molecule has 1 aromatic heterocycles. The summed E-state index contributed by atoms with van der Waals surface area (Å²) in [7, 11) is 0. The predicted octanol–water partition coefficient (Wildman–Crippen LogP) is 3.37. The van der Waals surface area contributed by atoms with E-state index in [4.69, 9.17) is 4.42 Å². The van der Waals surface area contributed by atoms with E-state index in [1.54, 1.807) is 18.4 Å². The van der Waals surface area contributed by atoms with Crippen molar-refractivity contribution in [1.29, 1.82) is 0 Å². The van der Waals surface area contributed by atoms with Crippen molar-refractivity contribution >= 4 is 11.9 Å². The number of ketones is 1. The molecule has 108 valence electrons. The highest BCUT2D eigenvalue weighted by Crippen LogP contribution is 2.36. The molecule has 1 saturated carbocycles. The second kappa shape index (κ2) is 6.40. The van der Waals surface area contributed by atoms with Gasteiger partial charge in [0.2, 0.25) is 0 Å². The van der Waals surface area contributed by atoms with Crippen molar-refractivity contribution in [2.75, 3.05) is 19.6 Å². The minimum Gasteiger partial charge on any atom is -0.465 e.